The van der Waals surface area contributed by atoms with E-state index in [0.717, 1.165) is 32.4 Å². The normalized spacial score (nSPS) is 23.6. The molecule has 0 spiro atoms. The summed E-state index contributed by atoms with van der Waals surface area (Å²) < 4.78 is 0. The summed E-state index contributed by atoms with van der Waals surface area (Å²) in [5, 5.41) is 6.08. The van der Waals surface area contributed by atoms with E-state index in [0.29, 0.717) is 0 Å². The van der Waals surface area contributed by atoms with Crippen molar-refractivity contribution in [3.05, 3.63) is 0 Å². The van der Waals surface area contributed by atoms with Gasteiger partial charge in [0.1, 0.15) is 0 Å². The maximum Gasteiger partial charge on any atom is 0.225 e. The van der Waals surface area contributed by atoms with Crippen LogP contribution in [-0.4, -0.2) is 25.0 Å². The number of carbonyl (C=O) groups is 1. The van der Waals surface area contributed by atoms with Crippen LogP contribution in [0.3, 0.4) is 0 Å². The molecule has 14 heavy (non-hydrogen) atoms. The number of nitrogens with one attached hydrogen (secondary N) is 2. The van der Waals surface area contributed by atoms with Gasteiger partial charge >= 0.3 is 0 Å². The van der Waals surface area contributed by atoms with Crippen LogP contribution in [-0.2, 0) is 4.79 Å². The van der Waals surface area contributed by atoms with Crippen molar-refractivity contribution in [2.24, 2.45) is 5.92 Å². The summed E-state index contributed by atoms with van der Waals surface area (Å²) in [5.41, 5.74) is 0. The zero-order chi connectivity index (χ0) is 10.4. The Morgan fingerprint density at radius 1 is 1.79 bits per heavy atom. The van der Waals surface area contributed by atoms with Gasteiger partial charge in [-0.05, 0) is 25.8 Å². The molecule has 0 aromatic heterocycles. The first-order valence-electron chi connectivity index (χ1n) is 5.25. The maximum absolute atomic E-state index is 11.7. The number of rotatable bonds is 3. The summed E-state index contributed by atoms with van der Waals surface area (Å²) in [6.45, 7) is 3.78. The van der Waals surface area contributed by atoms with Gasteiger partial charge in [0.15, 0.2) is 0 Å². The van der Waals surface area contributed by atoms with Crippen LogP contribution < -0.4 is 10.6 Å². The van der Waals surface area contributed by atoms with Crippen molar-refractivity contribution >= 4 is 5.91 Å². The summed E-state index contributed by atoms with van der Waals surface area (Å²) in [6.07, 6.45) is 8.12. The molecule has 0 saturated carbocycles. The summed E-state index contributed by atoms with van der Waals surface area (Å²) in [5.74, 6) is 2.77. The lowest BCUT2D eigenvalue weighted by Gasteiger charge is -2.23. The van der Waals surface area contributed by atoms with Gasteiger partial charge < -0.3 is 10.6 Å². The Morgan fingerprint density at radius 2 is 2.57 bits per heavy atom. The number of terminal acetylenes is 1. The second-order valence-corrected chi connectivity index (χ2v) is 3.68. The maximum atomic E-state index is 11.7. The number of hydrogen-bond acceptors (Lipinski definition) is 2. The predicted octanol–water partition coefficient (Wildman–Crippen LogP) is 0.514. The Labute approximate surface area is 85.6 Å². The predicted molar refractivity (Wildman–Crippen MR) is 56.6 cm³/mol. The van der Waals surface area contributed by atoms with Gasteiger partial charge in [-0.25, -0.2) is 0 Å². The summed E-state index contributed by atoms with van der Waals surface area (Å²) in [7, 11) is 0. The first-order valence-corrected chi connectivity index (χ1v) is 5.25. The van der Waals surface area contributed by atoms with Crippen LogP contribution in [0.5, 0.6) is 0 Å². The lowest BCUT2D eigenvalue weighted by Crippen LogP contribution is -2.43. The molecule has 0 aromatic rings. The Kier molecular flexibility index (Phi) is 4.48. The van der Waals surface area contributed by atoms with Crippen LogP contribution in [0, 0.1) is 18.3 Å². The monoisotopic (exact) mass is 194 g/mol. The van der Waals surface area contributed by atoms with E-state index in [1.165, 1.54) is 0 Å². The van der Waals surface area contributed by atoms with E-state index < -0.39 is 0 Å². The molecular formula is C11H18N2O. The molecule has 0 aromatic carbocycles. The van der Waals surface area contributed by atoms with E-state index in [9.17, 15) is 4.79 Å². The minimum absolute atomic E-state index is 0.0991. The largest absolute Gasteiger partial charge is 0.342 e. The molecule has 1 heterocycles. The molecule has 2 N–H and O–H groups in total. The Balaban J connectivity index is 2.36. The second-order valence-electron chi connectivity index (χ2n) is 3.68. The quantitative estimate of drug-likeness (QED) is 0.643. The summed E-state index contributed by atoms with van der Waals surface area (Å²) in [6, 6.07) is -0.107. The van der Waals surface area contributed by atoms with Gasteiger partial charge in [-0.1, -0.05) is 12.8 Å². The van der Waals surface area contributed by atoms with Crippen LogP contribution in [0.4, 0.5) is 0 Å². The van der Waals surface area contributed by atoms with Gasteiger partial charge in [0.05, 0.1) is 12.0 Å². The smallest absolute Gasteiger partial charge is 0.225 e. The minimum Gasteiger partial charge on any atom is -0.342 e. The molecule has 1 amide bonds. The molecule has 1 saturated heterocycles. The first kappa shape index (κ1) is 11.1. The van der Waals surface area contributed by atoms with Crippen molar-refractivity contribution in [1.29, 1.82) is 0 Å². The highest BCUT2D eigenvalue weighted by atomic mass is 16.1. The summed E-state index contributed by atoms with van der Waals surface area (Å²) in [4.78, 5) is 11.7. The van der Waals surface area contributed by atoms with E-state index in [1.54, 1.807) is 0 Å². The lowest BCUT2D eigenvalue weighted by atomic mass is 9.98. The van der Waals surface area contributed by atoms with Crippen LogP contribution in [0.1, 0.15) is 26.2 Å². The Morgan fingerprint density at radius 3 is 3.07 bits per heavy atom. The molecular weight excluding hydrogens is 176 g/mol. The van der Waals surface area contributed by atoms with Crippen molar-refractivity contribution in [1.82, 2.24) is 10.6 Å². The Bertz CT molecular complexity index is 226. The topological polar surface area (TPSA) is 41.1 Å². The van der Waals surface area contributed by atoms with Crippen molar-refractivity contribution in [3.63, 3.8) is 0 Å². The standard InChI is InChI=1S/C11H18N2O/c1-3-10(4-2)13-11(14)9-6-5-7-12-8-9/h1,9-10,12H,4-8H2,2H3,(H,13,14). The van der Waals surface area contributed by atoms with Gasteiger partial charge in [0, 0.05) is 6.54 Å². The molecule has 1 fully saturated rings. The van der Waals surface area contributed by atoms with Crippen LogP contribution >= 0.6 is 0 Å². The van der Waals surface area contributed by atoms with Gasteiger partial charge in [0.2, 0.25) is 5.91 Å². The van der Waals surface area contributed by atoms with Crippen LogP contribution in [0.25, 0.3) is 0 Å². The van der Waals surface area contributed by atoms with Gasteiger partial charge in [-0.15, -0.1) is 6.42 Å². The molecule has 1 rings (SSSR count). The number of piperidine rings is 1. The fraction of sp³-hybridized carbons (Fsp3) is 0.727. The van der Waals surface area contributed by atoms with E-state index in [2.05, 4.69) is 16.6 Å². The highest BCUT2D eigenvalue weighted by Gasteiger charge is 2.21. The molecule has 1 aliphatic rings. The molecule has 0 radical (unpaired) electrons. The number of hydrogen-bond donors (Lipinski definition) is 2. The highest BCUT2D eigenvalue weighted by Crippen LogP contribution is 2.10. The average molecular weight is 194 g/mol. The molecule has 3 nitrogen and oxygen atoms in total. The van der Waals surface area contributed by atoms with Crippen LogP contribution in [0.15, 0.2) is 0 Å². The molecule has 2 atom stereocenters. The van der Waals surface area contributed by atoms with E-state index in [4.69, 9.17) is 6.42 Å². The average Bonchev–Trinajstić information content (AvgIpc) is 2.26. The second kappa shape index (κ2) is 5.66. The van der Waals surface area contributed by atoms with Gasteiger partial charge in [-0.2, -0.15) is 0 Å². The molecule has 1 aliphatic heterocycles. The molecule has 2 unspecified atom stereocenters. The van der Waals surface area contributed by atoms with Crippen molar-refractivity contribution in [3.8, 4) is 12.3 Å². The molecule has 78 valence electrons. The molecule has 0 aliphatic carbocycles. The van der Waals surface area contributed by atoms with Crippen molar-refractivity contribution < 1.29 is 4.79 Å². The number of amides is 1. The zero-order valence-electron chi connectivity index (χ0n) is 8.68. The SMILES string of the molecule is C#CC(CC)NC(=O)C1CCCNC1. The first-order chi connectivity index (χ1) is 6.77. The van der Waals surface area contributed by atoms with E-state index >= 15 is 0 Å². The third-order valence-electron chi connectivity index (χ3n) is 2.59. The van der Waals surface area contributed by atoms with Crippen molar-refractivity contribution in [2.45, 2.75) is 32.2 Å². The summed E-state index contributed by atoms with van der Waals surface area (Å²) >= 11 is 0. The molecule has 0 bridgehead atoms. The zero-order valence-corrected chi connectivity index (χ0v) is 8.68. The van der Waals surface area contributed by atoms with Gasteiger partial charge in [-0.3, -0.25) is 4.79 Å². The van der Waals surface area contributed by atoms with E-state index in [-0.39, 0.29) is 17.9 Å². The van der Waals surface area contributed by atoms with E-state index in [1.807, 2.05) is 6.92 Å². The van der Waals surface area contributed by atoms with Crippen LogP contribution in [0.2, 0.25) is 0 Å². The fourth-order valence-corrected chi connectivity index (χ4v) is 1.63. The lowest BCUT2D eigenvalue weighted by molar-refractivity contribution is -0.125. The minimum atomic E-state index is -0.107. The third kappa shape index (κ3) is 3.04. The van der Waals surface area contributed by atoms with Crippen molar-refractivity contribution in [2.75, 3.05) is 13.1 Å². The Hall–Kier alpha value is -1.01. The van der Waals surface area contributed by atoms with Gasteiger partial charge in [0.25, 0.3) is 0 Å². The third-order valence-corrected chi connectivity index (χ3v) is 2.59. The highest BCUT2D eigenvalue weighted by molar-refractivity contribution is 5.79. The number of carbonyl (C=O) groups excluding carboxylic acids is 1. The fourth-order valence-electron chi connectivity index (χ4n) is 1.63. The molecule has 3 heteroatoms.